The van der Waals surface area contributed by atoms with Gasteiger partial charge in [0.25, 0.3) is 0 Å². The van der Waals surface area contributed by atoms with Gasteiger partial charge >= 0.3 is 6.18 Å². The lowest BCUT2D eigenvalue weighted by atomic mass is 10.1. The lowest BCUT2D eigenvalue weighted by Crippen LogP contribution is -2.40. The van der Waals surface area contributed by atoms with Crippen molar-refractivity contribution in [3.05, 3.63) is 29.3 Å². The summed E-state index contributed by atoms with van der Waals surface area (Å²) >= 11 is 0. The van der Waals surface area contributed by atoms with E-state index < -0.39 is 41.8 Å². The molecule has 1 atom stereocenters. The van der Waals surface area contributed by atoms with Gasteiger partial charge in [0.15, 0.2) is 5.84 Å². The maximum Gasteiger partial charge on any atom is 0.400 e. The number of hydrogen-bond acceptors (Lipinski definition) is 3. The molecule has 0 heterocycles. The van der Waals surface area contributed by atoms with Crippen molar-refractivity contribution in [3.63, 3.8) is 0 Å². The van der Waals surface area contributed by atoms with Crippen LogP contribution in [-0.2, 0) is 0 Å². The predicted octanol–water partition coefficient (Wildman–Crippen LogP) is 2.61. The normalized spacial score (nSPS) is 14.2. The maximum absolute atomic E-state index is 13.4. The molecular weight excluding hydrogens is 285 g/mol. The highest BCUT2D eigenvalue weighted by molar-refractivity contribution is 5.83. The topological polar surface area (TPSA) is 70.6 Å². The number of aryl methyl sites for hydroxylation is 1. The molecule has 0 spiro atoms. The van der Waals surface area contributed by atoms with Crippen LogP contribution in [0.25, 0.3) is 0 Å². The van der Waals surface area contributed by atoms with Crippen LogP contribution in [-0.4, -0.2) is 23.8 Å². The minimum Gasteiger partial charge on any atom is -0.409 e. The summed E-state index contributed by atoms with van der Waals surface area (Å²) in [6.07, 6.45) is -4.79. The Hall–Kier alpha value is -2.06. The number of nitrogens with two attached hydrogens (primary N) is 1. The molecule has 0 radical (unpaired) electrons. The summed E-state index contributed by atoms with van der Waals surface area (Å²) < 4.78 is 64.5. The number of nitrogens with zero attached hydrogens (tertiary/aromatic N) is 1. The molecule has 0 saturated carbocycles. The number of oxime groups is 1. The van der Waals surface area contributed by atoms with Gasteiger partial charge in [-0.2, -0.15) is 13.2 Å². The van der Waals surface area contributed by atoms with E-state index in [-0.39, 0.29) is 5.56 Å². The van der Waals surface area contributed by atoms with Crippen molar-refractivity contribution in [2.45, 2.75) is 13.1 Å². The Morgan fingerprint density at radius 1 is 1.35 bits per heavy atom. The minimum absolute atomic E-state index is 0.0249. The van der Waals surface area contributed by atoms with Gasteiger partial charge in [-0.25, -0.2) is 8.78 Å². The van der Waals surface area contributed by atoms with Crippen LogP contribution in [0.15, 0.2) is 17.3 Å². The van der Waals surface area contributed by atoms with Gasteiger partial charge in [-0.3, -0.25) is 0 Å². The number of nitrogens with one attached hydrogen (secondary N) is 1. The number of benzene rings is 1. The first-order chi connectivity index (χ1) is 9.16. The molecule has 4 nitrogen and oxygen atoms in total. The van der Waals surface area contributed by atoms with Crippen molar-refractivity contribution in [2.75, 3.05) is 11.9 Å². The van der Waals surface area contributed by atoms with E-state index >= 15 is 0 Å². The molecule has 1 aromatic rings. The molecule has 0 aliphatic heterocycles. The second kappa shape index (κ2) is 5.93. The molecule has 0 aromatic heterocycles. The van der Waals surface area contributed by atoms with Crippen molar-refractivity contribution in [1.82, 2.24) is 0 Å². The molecule has 0 aliphatic carbocycles. The third-order valence-corrected chi connectivity index (χ3v) is 2.61. The van der Waals surface area contributed by atoms with Crippen molar-refractivity contribution < 1.29 is 27.2 Å². The number of halogens is 5. The van der Waals surface area contributed by atoms with Crippen LogP contribution in [0, 0.1) is 24.5 Å². The lowest BCUT2D eigenvalue weighted by molar-refractivity contribution is -0.152. The minimum atomic E-state index is -4.79. The van der Waals surface area contributed by atoms with Gasteiger partial charge in [0.05, 0.1) is 5.69 Å². The van der Waals surface area contributed by atoms with Crippen LogP contribution in [0.1, 0.15) is 5.56 Å². The highest BCUT2D eigenvalue weighted by atomic mass is 19.4. The first-order valence-corrected chi connectivity index (χ1v) is 5.40. The van der Waals surface area contributed by atoms with Crippen LogP contribution in [0.5, 0.6) is 0 Å². The molecule has 4 N–H and O–H groups in total. The number of amidine groups is 1. The summed E-state index contributed by atoms with van der Waals surface area (Å²) in [6, 6.07) is 1.59. The van der Waals surface area contributed by atoms with Crippen LogP contribution >= 0.6 is 0 Å². The summed E-state index contributed by atoms with van der Waals surface area (Å²) in [7, 11) is 0. The van der Waals surface area contributed by atoms with Gasteiger partial charge in [-0.05, 0) is 18.6 Å². The van der Waals surface area contributed by atoms with Crippen LogP contribution in [0.2, 0.25) is 0 Å². The van der Waals surface area contributed by atoms with E-state index in [0.717, 1.165) is 12.1 Å². The maximum atomic E-state index is 13.4. The highest BCUT2D eigenvalue weighted by Gasteiger charge is 2.42. The first-order valence-electron chi connectivity index (χ1n) is 5.40. The van der Waals surface area contributed by atoms with E-state index in [1.807, 2.05) is 0 Å². The van der Waals surface area contributed by atoms with Gasteiger partial charge < -0.3 is 16.3 Å². The lowest BCUT2D eigenvalue weighted by Gasteiger charge is -2.20. The molecule has 9 heteroatoms. The molecule has 20 heavy (non-hydrogen) atoms. The van der Waals surface area contributed by atoms with Gasteiger partial charge in [-0.1, -0.05) is 5.16 Å². The zero-order valence-corrected chi connectivity index (χ0v) is 10.3. The van der Waals surface area contributed by atoms with Crippen molar-refractivity contribution in [1.29, 1.82) is 0 Å². The standard InChI is InChI=1S/C11H12F5N3O/c1-5-2-8(13)9(3-7(5)12)18-4-6(10(17)19-20)11(14,15)16/h2-3,6,18,20H,4H2,1H3,(H2,17,19). The Morgan fingerprint density at radius 3 is 2.45 bits per heavy atom. The van der Waals surface area contributed by atoms with E-state index in [0.29, 0.717) is 0 Å². The van der Waals surface area contributed by atoms with E-state index in [4.69, 9.17) is 10.9 Å². The first kappa shape index (κ1) is 16.0. The monoisotopic (exact) mass is 297 g/mol. The fourth-order valence-electron chi connectivity index (χ4n) is 1.45. The van der Waals surface area contributed by atoms with Crippen LogP contribution < -0.4 is 11.1 Å². The third-order valence-electron chi connectivity index (χ3n) is 2.61. The summed E-state index contributed by atoms with van der Waals surface area (Å²) in [5.74, 6) is -5.06. The number of anilines is 1. The number of hydrogen-bond donors (Lipinski definition) is 3. The van der Waals surface area contributed by atoms with Crippen molar-refractivity contribution in [3.8, 4) is 0 Å². The van der Waals surface area contributed by atoms with Crippen molar-refractivity contribution >= 4 is 11.5 Å². The molecule has 0 fully saturated rings. The molecule has 1 unspecified atom stereocenters. The van der Waals surface area contributed by atoms with Crippen LogP contribution in [0.4, 0.5) is 27.6 Å². The Labute approximate surface area is 111 Å². The van der Waals surface area contributed by atoms with E-state index in [2.05, 4.69) is 10.5 Å². The van der Waals surface area contributed by atoms with Gasteiger partial charge in [0.2, 0.25) is 0 Å². The van der Waals surface area contributed by atoms with Gasteiger partial charge in [0, 0.05) is 12.6 Å². The molecule has 112 valence electrons. The van der Waals surface area contributed by atoms with E-state index in [1.165, 1.54) is 6.92 Å². The summed E-state index contributed by atoms with van der Waals surface area (Å²) in [5, 5.41) is 12.7. The SMILES string of the molecule is Cc1cc(F)c(NCC(/C(N)=N/O)C(F)(F)F)cc1F. The molecule has 0 aliphatic rings. The van der Waals surface area contributed by atoms with Gasteiger partial charge in [-0.15, -0.1) is 0 Å². The summed E-state index contributed by atoms with van der Waals surface area (Å²) in [4.78, 5) is 0. The quantitative estimate of drug-likeness (QED) is 0.263. The Morgan fingerprint density at radius 2 is 1.95 bits per heavy atom. The molecule has 1 rings (SSSR count). The van der Waals surface area contributed by atoms with E-state index in [1.54, 1.807) is 0 Å². The Kier molecular flexibility index (Phi) is 4.74. The van der Waals surface area contributed by atoms with Crippen molar-refractivity contribution in [2.24, 2.45) is 16.8 Å². The smallest absolute Gasteiger partial charge is 0.400 e. The highest BCUT2D eigenvalue weighted by Crippen LogP contribution is 2.27. The van der Waals surface area contributed by atoms with Crippen LogP contribution in [0.3, 0.4) is 0 Å². The fourth-order valence-corrected chi connectivity index (χ4v) is 1.45. The van der Waals surface area contributed by atoms with E-state index in [9.17, 15) is 22.0 Å². The Balaban J connectivity index is 2.91. The largest absolute Gasteiger partial charge is 0.409 e. The summed E-state index contributed by atoms with van der Waals surface area (Å²) in [6.45, 7) is 0.427. The molecule has 0 amide bonds. The fraction of sp³-hybridized carbons (Fsp3) is 0.364. The number of rotatable bonds is 4. The molecule has 1 aromatic carbocycles. The summed E-state index contributed by atoms with van der Waals surface area (Å²) in [5.41, 5.74) is 4.52. The molecule has 0 bridgehead atoms. The average Bonchev–Trinajstić information content (AvgIpc) is 2.33. The number of alkyl halides is 3. The Bertz CT molecular complexity index is 516. The second-order valence-corrected chi connectivity index (χ2v) is 4.08. The average molecular weight is 297 g/mol. The second-order valence-electron chi connectivity index (χ2n) is 4.08. The molecular formula is C11H12F5N3O. The molecule has 0 saturated heterocycles. The zero-order valence-electron chi connectivity index (χ0n) is 10.3. The predicted molar refractivity (Wildman–Crippen MR) is 62.5 cm³/mol. The third kappa shape index (κ3) is 3.72. The van der Waals surface area contributed by atoms with Gasteiger partial charge in [0.1, 0.15) is 17.6 Å². The zero-order chi connectivity index (χ0) is 15.5.